The van der Waals surface area contributed by atoms with Crippen molar-refractivity contribution in [1.82, 2.24) is 5.43 Å². The van der Waals surface area contributed by atoms with Crippen molar-refractivity contribution in [3.63, 3.8) is 0 Å². The van der Waals surface area contributed by atoms with Gasteiger partial charge in [0.15, 0.2) is 11.5 Å². The first-order valence-corrected chi connectivity index (χ1v) is 15.2. The zero-order chi connectivity index (χ0) is 30.1. The van der Waals surface area contributed by atoms with Crippen LogP contribution in [0.25, 0.3) is 0 Å². The van der Waals surface area contributed by atoms with Gasteiger partial charge in [-0.1, -0.05) is 53.0 Å². The molecule has 0 unspecified atom stereocenters. The summed E-state index contributed by atoms with van der Waals surface area (Å²) in [6.45, 7) is 3.94. The molecule has 1 amide bonds. The SMILES string of the molecule is CCOc1cc(/C=N\NC(=O)CN(c2ccc(Cl)cc2)S(=O)(=O)c2ccc(C)cc2)ccc1OCc1cccc(Cl)c1. The zero-order valence-electron chi connectivity index (χ0n) is 23.0. The van der Waals surface area contributed by atoms with Crippen LogP contribution in [0.15, 0.2) is 101 Å². The summed E-state index contributed by atoms with van der Waals surface area (Å²) in [5.74, 6) is 0.411. The van der Waals surface area contributed by atoms with E-state index in [2.05, 4.69) is 10.5 Å². The molecule has 1 N–H and O–H groups in total. The third-order valence-electron chi connectivity index (χ3n) is 5.96. The van der Waals surface area contributed by atoms with E-state index in [4.69, 9.17) is 32.7 Å². The molecule has 0 aliphatic carbocycles. The van der Waals surface area contributed by atoms with E-state index in [0.29, 0.717) is 40.3 Å². The summed E-state index contributed by atoms with van der Waals surface area (Å²) in [4.78, 5) is 12.9. The maximum Gasteiger partial charge on any atom is 0.264 e. The van der Waals surface area contributed by atoms with Crippen LogP contribution in [-0.4, -0.2) is 33.7 Å². The lowest BCUT2D eigenvalue weighted by molar-refractivity contribution is -0.119. The molecular weight excluding hydrogens is 597 g/mol. The molecule has 8 nitrogen and oxygen atoms in total. The summed E-state index contributed by atoms with van der Waals surface area (Å²) in [7, 11) is -4.06. The number of halogens is 2. The Kier molecular flexibility index (Phi) is 10.5. The van der Waals surface area contributed by atoms with Crippen LogP contribution in [-0.2, 0) is 21.4 Å². The molecule has 42 heavy (non-hydrogen) atoms. The molecule has 0 atom stereocenters. The number of hydrogen-bond donors (Lipinski definition) is 1. The van der Waals surface area contributed by atoms with Crippen LogP contribution in [0.5, 0.6) is 11.5 Å². The second kappa shape index (κ2) is 14.2. The lowest BCUT2D eigenvalue weighted by Crippen LogP contribution is -2.39. The molecule has 0 bridgehead atoms. The molecule has 0 aliphatic heterocycles. The molecule has 0 aliphatic rings. The number of sulfonamides is 1. The van der Waals surface area contributed by atoms with E-state index in [1.54, 1.807) is 48.5 Å². The van der Waals surface area contributed by atoms with Gasteiger partial charge in [-0.25, -0.2) is 13.8 Å². The quantitative estimate of drug-likeness (QED) is 0.141. The van der Waals surface area contributed by atoms with E-state index in [1.165, 1.54) is 30.5 Å². The molecule has 4 rings (SSSR count). The standard InChI is InChI=1S/C31H29Cl2N3O5S/c1-3-40-30-18-23(9-16-29(30)41-21-24-5-4-6-26(33)17-24)19-34-35-31(37)20-36(27-12-10-25(32)11-13-27)42(38,39)28-14-7-22(2)8-15-28/h4-19H,3,20-21H2,1-2H3,(H,35,37)/b34-19-. The minimum atomic E-state index is -4.06. The number of aryl methyl sites for hydroxylation is 1. The molecule has 0 aromatic heterocycles. The number of benzene rings is 4. The summed E-state index contributed by atoms with van der Waals surface area (Å²) in [5, 5.41) is 5.09. The Morgan fingerprint density at radius 1 is 0.905 bits per heavy atom. The highest BCUT2D eigenvalue weighted by atomic mass is 35.5. The first-order chi connectivity index (χ1) is 20.2. The maximum absolute atomic E-state index is 13.5. The molecule has 0 spiro atoms. The average molecular weight is 627 g/mol. The lowest BCUT2D eigenvalue weighted by Gasteiger charge is -2.23. The first kappa shape index (κ1) is 30.9. The Labute approximate surface area is 255 Å². The van der Waals surface area contributed by atoms with Gasteiger partial charge in [-0.2, -0.15) is 5.10 Å². The molecule has 4 aromatic rings. The van der Waals surface area contributed by atoms with Crippen molar-refractivity contribution in [2.75, 3.05) is 17.5 Å². The van der Waals surface area contributed by atoms with E-state index in [-0.39, 0.29) is 10.6 Å². The number of hydrogen-bond acceptors (Lipinski definition) is 6. The van der Waals surface area contributed by atoms with E-state index >= 15 is 0 Å². The average Bonchev–Trinajstić information content (AvgIpc) is 2.96. The summed E-state index contributed by atoms with van der Waals surface area (Å²) < 4.78 is 39.7. The molecule has 4 aromatic carbocycles. The largest absolute Gasteiger partial charge is 0.490 e. The number of nitrogens with zero attached hydrogens (tertiary/aromatic N) is 2. The Bertz CT molecular complexity index is 1660. The summed E-state index contributed by atoms with van der Waals surface area (Å²) in [6, 6.07) is 25.2. The van der Waals surface area contributed by atoms with Gasteiger partial charge in [0.1, 0.15) is 13.2 Å². The third kappa shape index (κ3) is 8.25. The minimum absolute atomic E-state index is 0.0560. The Balaban J connectivity index is 1.46. The smallest absolute Gasteiger partial charge is 0.264 e. The van der Waals surface area contributed by atoms with Gasteiger partial charge in [-0.05, 0) is 91.7 Å². The number of hydrazone groups is 1. The van der Waals surface area contributed by atoms with Crippen molar-refractivity contribution in [3.05, 3.63) is 118 Å². The number of nitrogens with one attached hydrogen (secondary N) is 1. The van der Waals surface area contributed by atoms with E-state index in [0.717, 1.165) is 15.4 Å². The summed E-state index contributed by atoms with van der Waals surface area (Å²) >= 11 is 12.1. The fourth-order valence-electron chi connectivity index (χ4n) is 3.88. The van der Waals surface area contributed by atoms with Gasteiger partial charge in [0.05, 0.1) is 23.4 Å². The van der Waals surface area contributed by atoms with Gasteiger partial charge in [0, 0.05) is 10.0 Å². The van der Waals surface area contributed by atoms with Gasteiger partial charge in [0.2, 0.25) is 0 Å². The fourth-order valence-corrected chi connectivity index (χ4v) is 5.64. The highest BCUT2D eigenvalue weighted by Gasteiger charge is 2.27. The van der Waals surface area contributed by atoms with E-state index in [1.807, 2.05) is 32.0 Å². The first-order valence-electron chi connectivity index (χ1n) is 13.0. The molecule has 0 saturated carbocycles. The van der Waals surface area contributed by atoms with E-state index in [9.17, 15) is 13.2 Å². The zero-order valence-corrected chi connectivity index (χ0v) is 25.3. The number of rotatable bonds is 12. The van der Waals surface area contributed by atoms with Gasteiger partial charge in [-0.3, -0.25) is 9.10 Å². The number of ether oxygens (including phenoxy) is 2. The van der Waals surface area contributed by atoms with Crippen molar-refractivity contribution >= 4 is 51.0 Å². The Hall–Kier alpha value is -4.05. The van der Waals surface area contributed by atoms with Crippen LogP contribution in [0.1, 0.15) is 23.6 Å². The highest BCUT2D eigenvalue weighted by Crippen LogP contribution is 2.29. The number of amides is 1. The third-order valence-corrected chi connectivity index (χ3v) is 8.24. The van der Waals surface area contributed by atoms with Crippen LogP contribution < -0.4 is 19.2 Å². The van der Waals surface area contributed by atoms with Crippen molar-refractivity contribution in [1.29, 1.82) is 0 Å². The predicted molar refractivity (Wildman–Crippen MR) is 166 cm³/mol. The van der Waals surface area contributed by atoms with Gasteiger partial charge in [-0.15, -0.1) is 0 Å². The summed E-state index contributed by atoms with van der Waals surface area (Å²) in [6.07, 6.45) is 1.43. The second-order valence-corrected chi connectivity index (χ2v) is 11.9. The molecule has 0 heterocycles. The normalized spacial score (nSPS) is 11.3. The van der Waals surface area contributed by atoms with Crippen LogP contribution in [0.4, 0.5) is 5.69 Å². The minimum Gasteiger partial charge on any atom is -0.490 e. The van der Waals surface area contributed by atoms with Crippen LogP contribution >= 0.6 is 23.2 Å². The predicted octanol–water partition coefficient (Wildman–Crippen LogP) is 6.63. The topological polar surface area (TPSA) is 97.3 Å². The fraction of sp³-hybridized carbons (Fsp3) is 0.161. The second-order valence-electron chi connectivity index (χ2n) is 9.15. The van der Waals surface area contributed by atoms with E-state index < -0.39 is 22.5 Å². The molecular formula is C31H29Cl2N3O5S. The van der Waals surface area contributed by atoms with Gasteiger partial charge in [0.25, 0.3) is 15.9 Å². The monoisotopic (exact) mass is 625 g/mol. The Morgan fingerprint density at radius 2 is 1.64 bits per heavy atom. The van der Waals surface area contributed by atoms with Crippen LogP contribution in [0.3, 0.4) is 0 Å². The number of carbonyl (C=O) groups is 1. The molecule has 0 fully saturated rings. The Morgan fingerprint density at radius 3 is 2.33 bits per heavy atom. The van der Waals surface area contributed by atoms with Crippen molar-refractivity contribution in [3.8, 4) is 11.5 Å². The number of carbonyl (C=O) groups excluding carboxylic acids is 1. The van der Waals surface area contributed by atoms with Gasteiger partial charge < -0.3 is 9.47 Å². The summed E-state index contributed by atoms with van der Waals surface area (Å²) in [5.41, 5.74) is 5.15. The maximum atomic E-state index is 13.5. The molecule has 218 valence electrons. The van der Waals surface area contributed by atoms with Gasteiger partial charge >= 0.3 is 0 Å². The van der Waals surface area contributed by atoms with Crippen LogP contribution in [0, 0.1) is 6.92 Å². The number of anilines is 1. The molecule has 0 radical (unpaired) electrons. The highest BCUT2D eigenvalue weighted by molar-refractivity contribution is 7.92. The van der Waals surface area contributed by atoms with Crippen molar-refractivity contribution in [2.45, 2.75) is 25.3 Å². The van der Waals surface area contributed by atoms with Crippen LogP contribution in [0.2, 0.25) is 10.0 Å². The lowest BCUT2D eigenvalue weighted by atomic mass is 10.2. The molecule has 11 heteroatoms. The van der Waals surface area contributed by atoms with Crippen molar-refractivity contribution < 1.29 is 22.7 Å². The van der Waals surface area contributed by atoms with Crippen molar-refractivity contribution in [2.24, 2.45) is 5.10 Å². The molecule has 0 saturated heterocycles.